The minimum absolute atomic E-state index is 0.0661. The van der Waals surface area contributed by atoms with Gasteiger partial charge in [0, 0.05) is 0 Å². The molecule has 2 aromatic rings. The van der Waals surface area contributed by atoms with Crippen LogP contribution in [0.25, 0.3) is 0 Å². The van der Waals surface area contributed by atoms with Gasteiger partial charge in [0.15, 0.2) is 18.1 Å². The maximum Gasteiger partial charge on any atom is 0.265 e. The van der Waals surface area contributed by atoms with E-state index in [1.54, 1.807) is 18.2 Å². The lowest BCUT2D eigenvalue weighted by Crippen LogP contribution is -2.47. The van der Waals surface area contributed by atoms with Gasteiger partial charge in [-0.1, -0.05) is 24.3 Å². The third-order valence-corrected chi connectivity index (χ3v) is 4.20. The molecule has 0 aromatic heterocycles. The van der Waals surface area contributed by atoms with Crippen LogP contribution in [0.1, 0.15) is 0 Å². The molecule has 0 bridgehead atoms. The zero-order chi connectivity index (χ0) is 17.9. The van der Waals surface area contributed by atoms with Crippen molar-refractivity contribution < 1.29 is 23.8 Å². The first-order chi connectivity index (χ1) is 12.7. The fourth-order valence-electron chi connectivity index (χ4n) is 2.92. The molecule has 2 aliphatic rings. The largest absolute Gasteiger partial charge is 0.486 e. The third kappa shape index (κ3) is 3.28. The van der Waals surface area contributed by atoms with Crippen LogP contribution < -0.4 is 24.4 Å². The predicted octanol–water partition coefficient (Wildman–Crippen LogP) is 1.37. The molecular weight excluding hydrogens is 336 g/mol. The molecule has 134 valence electrons. The van der Waals surface area contributed by atoms with Gasteiger partial charge in [0.1, 0.15) is 25.0 Å². The monoisotopic (exact) mass is 354 g/mol. The first kappa shape index (κ1) is 16.3. The summed E-state index contributed by atoms with van der Waals surface area (Å²) < 4.78 is 16.8. The van der Waals surface area contributed by atoms with Crippen molar-refractivity contribution in [2.24, 2.45) is 0 Å². The Hall–Kier alpha value is -3.22. The van der Waals surface area contributed by atoms with Crippen molar-refractivity contribution in [2.45, 2.75) is 6.10 Å². The summed E-state index contributed by atoms with van der Waals surface area (Å²) in [5, 5.41) is 2.80. The summed E-state index contributed by atoms with van der Waals surface area (Å²) in [5.41, 5.74) is 0.602. The van der Waals surface area contributed by atoms with Gasteiger partial charge in [-0.25, -0.2) is 0 Å². The van der Waals surface area contributed by atoms with Gasteiger partial charge in [-0.05, 0) is 24.3 Å². The van der Waals surface area contributed by atoms with Crippen LogP contribution in [-0.2, 0) is 9.59 Å². The Morgan fingerprint density at radius 2 is 1.77 bits per heavy atom. The second-order valence-corrected chi connectivity index (χ2v) is 6.04. The quantitative estimate of drug-likeness (QED) is 0.897. The molecule has 2 heterocycles. The number of nitrogens with one attached hydrogen (secondary N) is 1. The average Bonchev–Trinajstić information content (AvgIpc) is 2.68. The number of hydrogen-bond donors (Lipinski definition) is 1. The lowest BCUT2D eigenvalue weighted by atomic mass is 10.2. The minimum atomic E-state index is -0.276. The van der Waals surface area contributed by atoms with Crippen molar-refractivity contribution in [1.29, 1.82) is 0 Å². The van der Waals surface area contributed by atoms with Crippen LogP contribution in [0, 0.1) is 0 Å². The summed E-state index contributed by atoms with van der Waals surface area (Å²) in [5.74, 6) is 1.45. The summed E-state index contributed by atoms with van der Waals surface area (Å²) in [4.78, 5) is 25.9. The molecule has 0 spiro atoms. The number of amides is 2. The van der Waals surface area contributed by atoms with Crippen LogP contribution in [0.4, 0.5) is 5.69 Å². The standard InChI is InChI=1S/C19H18N2O5/c22-18(10-21-14-5-1-2-6-15(14)25-12-19(21)23)20-9-13-11-24-16-7-3-4-8-17(16)26-13/h1-8,13H,9-12H2,(H,20,22)/t13-/m0/s1. The maximum absolute atomic E-state index is 12.3. The smallest absolute Gasteiger partial charge is 0.265 e. The van der Waals surface area contributed by atoms with E-state index >= 15 is 0 Å². The molecule has 2 aromatic carbocycles. The van der Waals surface area contributed by atoms with Gasteiger partial charge in [-0.3, -0.25) is 14.5 Å². The molecule has 0 saturated carbocycles. The fraction of sp³-hybridized carbons (Fsp3) is 0.263. The van der Waals surface area contributed by atoms with Crippen molar-refractivity contribution in [2.75, 3.05) is 31.2 Å². The Balaban J connectivity index is 1.34. The number of hydrogen-bond acceptors (Lipinski definition) is 5. The highest BCUT2D eigenvalue weighted by molar-refractivity contribution is 6.02. The van der Waals surface area contributed by atoms with Gasteiger partial charge in [0.05, 0.1) is 12.2 Å². The summed E-state index contributed by atoms with van der Waals surface area (Å²) in [6.07, 6.45) is -0.276. The first-order valence-corrected chi connectivity index (χ1v) is 8.38. The summed E-state index contributed by atoms with van der Waals surface area (Å²) in [6, 6.07) is 14.6. The van der Waals surface area contributed by atoms with Crippen LogP contribution in [0.15, 0.2) is 48.5 Å². The molecular formula is C19H18N2O5. The van der Waals surface area contributed by atoms with Crippen LogP contribution in [0.3, 0.4) is 0 Å². The Morgan fingerprint density at radius 1 is 1.04 bits per heavy atom. The molecule has 0 fully saturated rings. The Bertz CT molecular complexity index is 838. The minimum Gasteiger partial charge on any atom is -0.486 e. The molecule has 1 atom stereocenters. The van der Waals surface area contributed by atoms with Gasteiger partial charge in [-0.15, -0.1) is 0 Å². The van der Waals surface area contributed by atoms with E-state index in [0.717, 1.165) is 0 Å². The number of fused-ring (bicyclic) bond motifs is 2. The van der Waals surface area contributed by atoms with Gasteiger partial charge >= 0.3 is 0 Å². The molecule has 2 amide bonds. The highest BCUT2D eigenvalue weighted by Gasteiger charge is 2.27. The van der Waals surface area contributed by atoms with E-state index in [-0.39, 0.29) is 31.1 Å². The molecule has 7 nitrogen and oxygen atoms in total. The Kier molecular flexibility index (Phi) is 4.35. The van der Waals surface area contributed by atoms with Crippen LogP contribution in [0.5, 0.6) is 17.2 Å². The average molecular weight is 354 g/mol. The first-order valence-electron chi connectivity index (χ1n) is 8.38. The lowest BCUT2D eigenvalue weighted by molar-refractivity contribution is -0.125. The SMILES string of the molecule is O=C(CN1C(=O)COc2ccccc21)NC[C@H]1COc2ccccc2O1. The van der Waals surface area contributed by atoms with Gasteiger partial charge < -0.3 is 19.5 Å². The van der Waals surface area contributed by atoms with E-state index in [2.05, 4.69) is 5.32 Å². The van der Waals surface area contributed by atoms with E-state index in [9.17, 15) is 9.59 Å². The topological polar surface area (TPSA) is 77.1 Å². The Labute approximate surface area is 150 Å². The molecule has 0 aliphatic carbocycles. The van der Waals surface area contributed by atoms with Gasteiger partial charge in [-0.2, -0.15) is 0 Å². The number of rotatable bonds is 4. The molecule has 2 aliphatic heterocycles. The molecule has 0 unspecified atom stereocenters. The molecule has 0 radical (unpaired) electrons. The number of nitrogens with zero attached hydrogens (tertiary/aromatic N) is 1. The zero-order valence-corrected chi connectivity index (χ0v) is 14.0. The summed E-state index contributed by atoms with van der Waals surface area (Å²) in [7, 11) is 0. The predicted molar refractivity (Wildman–Crippen MR) is 93.7 cm³/mol. The molecule has 4 rings (SSSR count). The van der Waals surface area contributed by atoms with Gasteiger partial charge in [0.2, 0.25) is 5.91 Å². The molecule has 26 heavy (non-hydrogen) atoms. The zero-order valence-electron chi connectivity index (χ0n) is 14.0. The summed E-state index contributed by atoms with van der Waals surface area (Å²) >= 11 is 0. The van der Waals surface area contributed by atoms with E-state index in [1.165, 1.54) is 4.90 Å². The van der Waals surface area contributed by atoms with Crippen molar-refractivity contribution in [3.05, 3.63) is 48.5 Å². The van der Waals surface area contributed by atoms with Crippen molar-refractivity contribution >= 4 is 17.5 Å². The molecule has 0 saturated heterocycles. The number of benzene rings is 2. The van der Waals surface area contributed by atoms with Crippen molar-refractivity contribution in [1.82, 2.24) is 5.32 Å². The number of para-hydroxylation sites is 4. The molecule has 1 N–H and O–H groups in total. The van der Waals surface area contributed by atoms with E-state index < -0.39 is 0 Å². The highest BCUT2D eigenvalue weighted by atomic mass is 16.6. The number of ether oxygens (including phenoxy) is 3. The van der Waals surface area contributed by atoms with E-state index in [4.69, 9.17) is 14.2 Å². The second-order valence-electron chi connectivity index (χ2n) is 6.04. The van der Waals surface area contributed by atoms with Gasteiger partial charge in [0.25, 0.3) is 5.91 Å². The molecule has 7 heteroatoms. The summed E-state index contributed by atoms with van der Waals surface area (Å²) in [6.45, 7) is 0.522. The van der Waals surface area contributed by atoms with Crippen LogP contribution in [0.2, 0.25) is 0 Å². The lowest BCUT2D eigenvalue weighted by Gasteiger charge is -2.29. The maximum atomic E-state index is 12.3. The van der Waals surface area contributed by atoms with E-state index in [1.807, 2.05) is 30.3 Å². The second kappa shape index (κ2) is 6.95. The van der Waals surface area contributed by atoms with Crippen molar-refractivity contribution in [3.63, 3.8) is 0 Å². The Morgan fingerprint density at radius 3 is 2.62 bits per heavy atom. The number of carbonyl (C=O) groups excluding carboxylic acids is 2. The fourth-order valence-corrected chi connectivity index (χ4v) is 2.92. The normalized spacial score (nSPS) is 17.9. The third-order valence-electron chi connectivity index (χ3n) is 4.20. The van der Waals surface area contributed by atoms with E-state index in [0.29, 0.717) is 36.1 Å². The number of anilines is 1. The highest BCUT2D eigenvalue weighted by Crippen LogP contribution is 2.32. The van der Waals surface area contributed by atoms with Crippen LogP contribution >= 0.6 is 0 Å². The number of carbonyl (C=O) groups is 2. The van der Waals surface area contributed by atoms with Crippen LogP contribution in [-0.4, -0.2) is 44.2 Å². The van der Waals surface area contributed by atoms with Crippen molar-refractivity contribution in [3.8, 4) is 17.2 Å².